The molecule has 3 amide bonds. The number of rotatable bonds is 45. The summed E-state index contributed by atoms with van der Waals surface area (Å²) in [6.45, 7) is 4.35. The fourth-order valence-electron chi connectivity index (χ4n) is 10.4. The van der Waals surface area contributed by atoms with Crippen molar-refractivity contribution in [3.8, 4) is 0 Å². The lowest BCUT2D eigenvalue weighted by molar-refractivity contribution is -0.207. The number of carbonyl (C=O) groups excluding carboxylic acids is 2. The summed E-state index contributed by atoms with van der Waals surface area (Å²) in [5.74, 6) is -0.241. The number of anilines is 1. The summed E-state index contributed by atoms with van der Waals surface area (Å²) in [5, 5.41) is 65.6. The third kappa shape index (κ3) is 29.2. The lowest BCUT2D eigenvalue weighted by Gasteiger charge is -2.40. The second kappa shape index (κ2) is 42.1. The minimum absolute atomic E-state index is 0.175. The van der Waals surface area contributed by atoms with Crippen molar-refractivity contribution in [1.29, 1.82) is 0 Å². The number of hydrogen-bond donors (Lipinski definition) is 8. The van der Waals surface area contributed by atoms with E-state index in [0.717, 1.165) is 62.1 Å². The molecule has 0 bridgehead atoms. The van der Waals surface area contributed by atoms with Gasteiger partial charge in [0.05, 0.1) is 17.8 Å². The summed E-state index contributed by atoms with van der Waals surface area (Å²) in [4.78, 5) is 26.3. The van der Waals surface area contributed by atoms with Crippen LogP contribution in [0.15, 0.2) is 54.6 Å². The zero-order valence-electron chi connectivity index (χ0n) is 46.1. The molecule has 0 aromatic heterocycles. The van der Waals surface area contributed by atoms with E-state index in [1.807, 2.05) is 36.4 Å². The van der Waals surface area contributed by atoms with E-state index < -0.39 is 54.8 Å². The second-order valence-electron chi connectivity index (χ2n) is 21.7. The van der Waals surface area contributed by atoms with E-state index in [9.17, 15) is 35.1 Å². The molecule has 0 saturated carbocycles. The lowest BCUT2D eigenvalue weighted by Crippen LogP contribution is -2.59. The minimum atomic E-state index is -1.59. The van der Waals surface area contributed by atoms with Crippen LogP contribution in [0.2, 0.25) is 0 Å². The summed E-state index contributed by atoms with van der Waals surface area (Å²) in [6.07, 6.45) is 38.6. The number of amides is 3. The van der Waals surface area contributed by atoms with Gasteiger partial charge in [-0.3, -0.25) is 4.79 Å². The summed E-state index contributed by atoms with van der Waals surface area (Å²) >= 11 is 0. The van der Waals surface area contributed by atoms with Gasteiger partial charge in [-0.2, -0.15) is 0 Å². The number of benzene rings is 2. The number of carbonyl (C=O) groups is 2. The lowest BCUT2D eigenvalue weighted by atomic mass is 9.93. The zero-order chi connectivity index (χ0) is 52.6. The monoisotopic (exact) mass is 1020 g/mol. The Bertz CT molecular complexity index is 1690. The van der Waals surface area contributed by atoms with Gasteiger partial charge in [-0.25, -0.2) is 4.79 Å². The van der Waals surface area contributed by atoms with Crippen LogP contribution in [0.25, 0.3) is 10.8 Å². The third-order valence-corrected chi connectivity index (χ3v) is 15.2. The van der Waals surface area contributed by atoms with Gasteiger partial charge in [-0.05, 0) is 24.3 Å². The molecule has 2 aromatic rings. The number of nitrogens with one attached hydrogen (secondary N) is 3. The molecular weight excluding hydrogens is 915 g/mol. The van der Waals surface area contributed by atoms with Gasteiger partial charge in [0.25, 0.3) is 0 Å². The van der Waals surface area contributed by atoms with Gasteiger partial charge in [0, 0.05) is 18.4 Å². The summed E-state index contributed by atoms with van der Waals surface area (Å²) in [7, 11) is 0. The van der Waals surface area contributed by atoms with Crippen LogP contribution in [-0.4, -0.2) is 92.8 Å². The molecule has 1 unspecified atom stereocenters. The highest BCUT2D eigenvalue weighted by atomic mass is 16.5. The predicted octanol–water partition coefficient (Wildman–Crippen LogP) is 14.0. The molecule has 11 heteroatoms. The average Bonchev–Trinajstić information content (AvgIpc) is 3.39. The first-order valence-corrected chi connectivity index (χ1v) is 30.2. The van der Waals surface area contributed by atoms with Crippen molar-refractivity contribution in [2.45, 2.75) is 300 Å². The molecule has 1 aliphatic heterocycles. The topological polar surface area (TPSA) is 181 Å². The number of ether oxygens (including phenoxy) is 1. The molecule has 1 fully saturated rings. The molecule has 11 nitrogen and oxygen atoms in total. The van der Waals surface area contributed by atoms with Crippen LogP contribution in [0, 0.1) is 0 Å². The number of aliphatic hydroxyl groups excluding tert-OH is 5. The van der Waals surface area contributed by atoms with Crippen molar-refractivity contribution >= 4 is 28.4 Å². The molecule has 8 N–H and O–H groups in total. The predicted molar refractivity (Wildman–Crippen MR) is 303 cm³/mol. The van der Waals surface area contributed by atoms with Crippen LogP contribution in [0.3, 0.4) is 0 Å². The van der Waals surface area contributed by atoms with Crippen molar-refractivity contribution in [2.24, 2.45) is 0 Å². The SMILES string of the molecule is CCCCCCCCCCCCCCCCCCCCCCCCCC(=O)NC(/C=C/[C@H]1O[C@H](CNC(=O)Nc2cccc3ccccc23)[C@H](O)[C@H](O)[C@H]1O)[C@H](O)[C@H](O)CCCCCCCCCCCCCC. The molecule has 0 radical (unpaired) electrons. The van der Waals surface area contributed by atoms with E-state index in [2.05, 4.69) is 29.8 Å². The van der Waals surface area contributed by atoms with Gasteiger partial charge < -0.3 is 46.2 Å². The van der Waals surface area contributed by atoms with Gasteiger partial charge >= 0.3 is 6.03 Å². The number of fused-ring (bicyclic) bond motifs is 1. The smallest absolute Gasteiger partial charge is 0.319 e. The minimum Gasteiger partial charge on any atom is -0.390 e. The van der Waals surface area contributed by atoms with E-state index in [-0.39, 0.29) is 18.9 Å². The Hall–Kier alpha value is -3.06. The number of aliphatic hydroxyl groups is 5. The van der Waals surface area contributed by atoms with Crippen molar-refractivity contribution in [2.75, 3.05) is 11.9 Å². The standard InChI is InChI=1S/C62H107N3O8/c1-3-5-7-9-11-13-15-17-18-19-20-21-22-23-24-25-26-27-29-31-33-35-37-46-57(67)64-53(58(68)54(66)45-36-34-32-30-28-16-14-12-10-8-6-4-2)47-48-55-59(69)61(71)60(70)56(73-55)49-63-62(72)65-52-44-40-42-50-41-38-39-43-51(50)52/h38-44,47-48,53-56,58-61,66,68-71H,3-37,45-46,49H2,1-2H3,(H,64,67)(H2,63,65,72)/b48-47+/t53?,54-,55-,56-,58+,59+,60+,61-/m1/s1. The van der Waals surface area contributed by atoms with Crippen LogP contribution >= 0.6 is 0 Å². The molecular formula is C62H107N3O8. The Labute approximate surface area is 443 Å². The van der Waals surface area contributed by atoms with Crippen molar-refractivity contribution in [1.82, 2.24) is 10.6 Å². The van der Waals surface area contributed by atoms with Crippen LogP contribution in [0.1, 0.15) is 251 Å². The van der Waals surface area contributed by atoms with Crippen molar-refractivity contribution < 1.29 is 39.9 Å². The first-order valence-electron chi connectivity index (χ1n) is 30.2. The molecule has 0 spiro atoms. The Morgan fingerprint density at radius 1 is 0.548 bits per heavy atom. The molecule has 1 heterocycles. The molecule has 8 atom stereocenters. The summed E-state index contributed by atoms with van der Waals surface area (Å²) in [6, 6.07) is 11.7. The Morgan fingerprint density at radius 2 is 0.986 bits per heavy atom. The third-order valence-electron chi connectivity index (χ3n) is 15.2. The average molecular weight is 1020 g/mol. The number of hydrogen-bond acceptors (Lipinski definition) is 8. The highest BCUT2D eigenvalue weighted by Gasteiger charge is 2.43. The van der Waals surface area contributed by atoms with E-state index in [1.165, 1.54) is 186 Å². The summed E-state index contributed by atoms with van der Waals surface area (Å²) < 4.78 is 6.03. The fourth-order valence-corrected chi connectivity index (χ4v) is 10.4. The highest BCUT2D eigenvalue weighted by Crippen LogP contribution is 2.25. The maximum absolute atomic E-state index is 13.3. The van der Waals surface area contributed by atoms with Crippen LogP contribution in [0.4, 0.5) is 10.5 Å². The summed E-state index contributed by atoms with van der Waals surface area (Å²) in [5.41, 5.74) is 0.607. The Balaban J connectivity index is 1.39. The van der Waals surface area contributed by atoms with Gasteiger partial charge in [0.15, 0.2) is 0 Å². The Kier molecular flexibility index (Phi) is 37.0. The van der Waals surface area contributed by atoms with Crippen LogP contribution < -0.4 is 16.0 Å². The molecule has 0 aliphatic carbocycles. The van der Waals surface area contributed by atoms with Crippen molar-refractivity contribution in [3.63, 3.8) is 0 Å². The second-order valence-corrected chi connectivity index (χ2v) is 21.7. The van der Waals surface area contributed by atoms with Gasteiger partial charge in [-0.1, -0.05) is 281 Å². The van der Waals surface area contributed by atoms with Gasteiger partial charge in [-0.15, -0.1) is 0 Å². The molecule has 73 heavy (non-hydrogen) atoms. The number of urea groups is 1. The van der Waals surface area contributed by atoms with E-state index in [4.69, 9.17) is 4.74 Å². The number of unbranched alkanes of at least 4 members (excludes halogenated alkanes) is 33. The quantitative estimate of drug-likeness (QED) is 0.0238. The maximum Gasteiger partial charge on any atom is 0.319 e. The molecule has 1 aliphatic rings. The normalized spacial score (nSPS) is 19.3. The molecule has 418 valence electrons. The van der Waals surface area contributed by atoms with E-state index in [1.54, 1.807) is 6.07 Å². The largest absolute Gasteiger partial charge is 0.390 e. The first-order chi connectivity index (χ1) is 35.7. The fraction of sp³-hybridized carbons (Fsp3) is 0.774. The maximum atomic E-state index is 13.3. The zero-order valence-corrected chi connectivity index (χ0v) is 46.1. The Morgan fingerprint density at radius 3 is 1.48 bits per heavy atom. The molecule has 2 aromatic carbocycles. The van der Waals surface area contributed by atoms with Crippen molar-refractivity contribution in [3.05, 3.63) is 54.6 Å². The van der Waals surface area contributed by atoms with Crippen LogP contribution in [-0.2, 0) is 9.53 Å². The van der Waals surface area contributed by atoms with Gasteiger partial charge in [0.2, 0.25) is 5.91 Å². The van der Waals surface area contributed by atoms with Crippen LogP contribution in [0.5, 0.6) is 0 Å². The first kappa shape index (κ1) is 64.2. The van der Waals surface area contributed by atoms with Gasteiger partial charge in [0.1, 0.15) is 36.6 Å². The molecule has 1 saturated heterocycles. The molecule has 3 rings (SSSR count). The highest BCUT2D eigenvalue weighted by molar-refractivity contribution is 6.01. The van der Waals surface area contributed by atoms with E-state index >= 15 is 0 Å². The van der Waals surface area contributed by atoms with E-state index in [0.29, 0.717) is 12.1 Å².